The highest BCUT2D eigenvalue weighted by molar-refractivity contribution is 7.09. The van der Waals surface area contributed by atoms with Gasteiger partial charge in [0.25, 0.3) is 0 Å². The lowest BCUT2D eigenvalue weighted by Gasteiger charge is -2.00. The maximum atomic E-state index is 11.3. The molecule has 3 nitrogen and oxygen atoms in total. The fourth-order valence-corrected chi connectivity index (χ4v) is 1.61. The molecule has 0 fully saturated rings. The van der Waals surface area contributed by atoms with Crippen molar-refractivity contribution >= 4 is 17.1 Å². The van der Waals surface area contributed by atoms with Gasteiger partial charge in [-0.3, -0.25) is 9.78 Å². The Labute approximate surface area is 82.2 Å². The third kappa shape index (κ3) is 4.15. The molecule has 4 heteroatoms. The van der Waals surface area contributed by atoms with Crippen LogP contribution >= 0.6 is 11.3 Å². The smallest absolute Gasteiger partial charge is 0.151 e. The second kappa shape index (κ2) is 5.83. The molecule has 0 saturated carbocycles. The van der Waals surface area contributed by atoms with Crippen LogP contribution in [-0.4, -0.2) is 23.9 Å². The molecule has 0 aromatic carbocycles. The highest BCUT2D eigenvalue weighted by Gasteiger charge is 2.03. The van der Waals surface area contributed by atoms with Gasteiger partial charge in [0.2, 0.25) is 0 Å². The number of Topliss-reactive ketones (excluding diaryl/α,β-unsaturated/α-hetero) is 1. The normalized spacial score (nSPS) is 10.2. The molecule has 0 radical (unpaired) electrons. The summed E-state index contributed by atoms with van der Waals surface area (Å²) < 4.78 is 0. The van der Waals surface area contributed by atoms with E-state index in [2.05, 4.69) is 17.2 Å². The van der Waals surface area contributed by atoms with Crippen LogP contribution in [0.5, 0.6) is 0 Å². The van der Waals surface area contributed by atoms with Gasteiger partial charge in [-0.15, -0.1) is 11.3 Å². The fraction of sp³-hybridized carbons (Fsp3) is 0.556. The molecule has 72 valence electrons. The second-order valence-electron chi connectivity index (χ2n) is 2.86. The highest BCUT2D eigenvalue weighted by Crippen LogP contribution is 2.05. The number of carbonyl (C=O) groups is 1. The zero-order valence-corrected chi connectivity index (χ0v) is 8.56. The molecule has 1 heterocycles. The number of rotatable bonds is 6. The fourth-order valence-electron chi connectivity index (χ4n) is 0.991. The molecule has 0 bridgehead atoms. The Hall–Kier alpha value is -0.740. The minimum Gasteiger partial charge on any atom is -0.310 e. The maximum Gasteiger partial charge on any atom is 0.151 e. The quantitative estimate of drug-likeness (QED) is 0.700. The number of hydrogen-bond donors (Lipinski definition) is 1. The number of nitrogens with zero attached hydrogens (tertiary/aromatic N) is 1. The molecular weight excluding hydrogens is 184 g/mol. The van der Waals surface area contributed by atoms with Crippen LogP contribution in [0.4, 0.5) is 0 Å². The third-order valence-corrected chi connectivity index (χ3v) is 2.38. The van der Waals surface area contributed by atoms with E-state index in [9.17, 15) is 4.79 Å². The van der Waals surface area contributed by atoms with Crippen LogP contribution in [0.1, 0.15) is 18.2 Å². The van der Waals surface area contributed by atoms with Crippen molar-refractivity contribution in [1.82, 2.24) is 10.3 Å². The van der Waals surface area contributed by atoms with E-state index in [1.165, 1.54) is 11.3 Å². The Morgan fingerprint density at radius 2 is 2.54 bits per heavy atom. The molecule has 1 aromatic rings. The molecule has 0 aliphatic carbocycles. The highest BCUT2D eigenvalue weighted by atomic mass is 32.1. The van der Waals surface area contributed by atoms with Gasteiger partial charge in [-0.05, 0) is 13.0 Å². The summed E-state index contributed by atoms with van der Waals surface area (Å²) in [5.41, 5.74) is 1.75. The molecule has 0 unspecified atom stereocenters. The standard InChI is InChI=1S/C9H14N2OS/c1-2-3-10-5-8(12)4-9-6-11-7-13-9/h6-7,10H,2-5H2,1H3. The van der Waals surface area contributed by atoms with Crippen LogP contribution in [0.3, 0.4) is 0 Å². The monoisotopic (exact) mass is 198 g/mol. The number of hydrogen-bond acceptors (Lipinski definition) is 4. The first-order chi connectivity index (χ1) is 6.33. The van der Waals surface area contributed by atoms with Gasteiger partial charge in [0, 0.05) is 17.5 Å². The first kappa shape index (κ1) is 10.3. The summed E-state index contributed by atoms with van der Waals surface area (Å²) in [5, 5.41) is 3.08. The summed E-state index contributed by atoms with van der Waals surface area (Å²) >= 11 is 1.53. The van der Waals surface area contributed by atoms with Crippen molar-refractivity contribution in [2.75, 3.05) is 13.1 Å². The lowest BCUT2D eigenvalue weighted by Crippen LogP contribution is -2.24. The van der Waals surface area contributed by atoms with Crippen LogP contribution in [0.15, 0.2) is 11.7 Å². The Balaban J connectivity index is 2.18. The molecule has 1 N–H and O–H groups in total. The Morgan fingerprint density at radius 1 is 1.69 bits per heavy atom. The number of ketones is 1. The molecule has 1 rings (SSSR count). The SMILES string of the molecule is CCCNCC(=O)Cc1cncs1. The minimum atomic E-state index is 0.234. The third-order valence-electron chi connectivity index (χ3n) is 1.60. The second-order valence-corrected chi connectivity index (χ2v) is 3.83. The van der Waals surface area contributed by atoms with Crippen LogP contribution in [0.2, 0.25) is 0 Å². The van der Waals surface area contributed by atoms with Crippen LogP contribution in [0.25, 0.3) is 0 Å². The maximum absolute atomic E-state index is 11.3. The van der Waals surface area contributed by atoms with E-state index in [0.717, 1.165) is 17.8 Å². The number of aromatic nitrogens is 1. The minimum absolute atomic E-state index is 0.234. The van der Waals surface area contributed by atoms with E-state index in [1.54, 1.807) is 11.7 Å². The van der Waals surface area contributed by atoms with Crippen molar-refractivity contribution in [2.24, 2.45) is 0 Å². The molecule has 13 heavy (non-hydrogen) atoms. The Kier molecular flexibility index (Phi) is 4.64. The molecule has 0 saturated heterocycles. The van der Waals surface area contributed by atoms with Gasteiger partial charge in [0.15, 0.2) is 5.78 Å². The summed E-state index contributed by atoms with van der Waals surface area (Å²) in [4.78, 5) is 16.3. The van der Waals surface area contributed by atoms with Gasteiger partial charge >= 0.3 is 0 Å². The zero-order valence-electron chi connectivity index (χ0n) is 7.75. The van der Waals surface area contributed by atoms with Gasteiger partial charge < -0.3 is 5.32 Å². The average molecular weight is 198 g/mol. The first-order valence-electron chi connectivity index (χ1n) is 4.42. The molecule has 0 amide bonds. The van der Waals surface area contributed by atoms with E-state index in [-0.39, 0.29) is 5.78 Å². The van der Waals surface area contributed by atoms with E-state index in [4.69, 9.17) is 0 Å². The lowest BCUT2D eigenvalue weighted by atomic mass is 10.2. The molecule has 0 aliphatic rings. The van der Waals surface area contributed by atoms with Crippen molar-refractivity contribution in [3.05, 3.63) is 16.6 Å². The van der Waals surface area contributed by atoms with Gasteiger partial charge in [-0.1, -0.05) is 6.92 Å². The predicted octanol–water partition coefficient (Wildman–Crippen LogP) is 1.25. The van der Waals surface area contributed by atoms with Crippen molar-refractivity contribution < 1.29 is 4.79 Å². The summed E-state index contributed by atoms with van der Waals surface area (Å²) in [6.45, 7) is 3.47. The van der Waals surface area contributed by atoms with E-state index >= 15 is 0 Å². The predicted molar refractivity (Wildman–Crippen MR) is 54.0 cm³/mol. The molecule has 0 spiro atoms. The average Bonchev–Trinajstić information content (AvgIpc) is 2.57. The van der Waals surface area contributed by atoms with E-state index in [0.29, 0.717) is 13.0 Å². The number of thiazole rings is 1. The molecule has 0 atom stereocenters. The molecule has 1 aromatic heterocycles. The molecule has 0 aliphatic heterocycles. The first-order valence-corrected chi connectivity index (χ1v) is 5.30. The van der Waals surface area contributed by atoms with Crippen LogP contribution in [-0.2, 0) is 11.2 Å². The van der Waals surface area contributed by atoms with Crippen molar-refractivity contribution in [3.8, 4) is 0 Å². The summed E-state index contributed by atoms with van der Waals surface area (Å²) in [5.74, 6) is 0.234. The van der Waals surface area contributed by atoms with Gasteiger partial charge in [0.05, 0.1) is 12.1 Å². The van der Waals surface area contributed by atoms with Crippen molar-refractivity contribution in [2.45, 2.75) is 19.8 Å². The van der Waals surface area contributed by atoms with Crippen molar-refractivity contribution in [3.63, 3.8) is 0 Å². The molecular formula is C9H14N2OS. The van der Waals surface area contributed by atoms with Gasteiger partial charge in [0.1, 0.15) is 0 Å². The van der Waals surface area contributed by atoms with E-state index < -0.39 is 0 Å². The summed E-state index contributed by atoms with van der Waals surface area (Å²) in [7, 11) is 0. The Bertz CT molecular complexity index is 246. The van der Waals surface area contributed by atoms with Crippen molar-refractivity contribution in [1.29, 1.82) is 0 Å². The topological polar surface area (TPSA) is 42.0 Å². The number of carbonyl (C=O) groups excluding carboxylic acids is 1. The summed E-state index contributed by atoms with van der Waals surface area (Å²) in [6, 6.07) is 0. The Morgan fingerprint density at radius 3 is 3.15 bits per heavy atom. The van der Waals surface area contributed by atoms with Crippen LogP contribution < -0.4 is 5.32 Å². The summed E-state index contributed by atoms with van der Waals surface area (Å²) in [6.07, 6.45) is 3.33. The van der Waals surface area contributed by atoms with Crippen LogP contribution in [0, 0.1) is 0 Å². The largest absolute Gasteiger partial charge is 0.310 e. The lowest BCUT2D eigenvalue weighted by molar-refractivity contribution is -0.117. The zero-order chi connectivity index (χ0) is 9.52. The van der Waals surface area contributed by atoms with Gasteiger partial charge in [-0.25, -0.2) is 0 Å². The van der Waals surface area contributed by atoms with Gasteiger partial charge in [-0.2, -0.15) is 0 Å². The number of nitrogens with one attached hydrogen (secondary N) is 1. The van der Waals surface area contributed by atoms with E-state index in [1.807, 2.05) is 0 Å².